The second kappa shape index (κ2) is 8.31. The van der Waals surface area contributed by atoms with E-state index < -0.39 is 0 Å². The molecule has 0 aliphatic carbocycles. The maximum absolute atomic E-state index is 8.87. The Morgan fingerprint density at radius 2 is 1.71 bits per heavy atom. The van der Waals surface area contributed by atoms with Gasteiger partial charge in [0.15, 0.2) is 0 Å². The molecule has 0 radical (unpaired) electrons. The minimum absolute atomic E-state index is 0.142. The van der Waals surface area contributed by atoms with Crippen LogP contribution in [0, 0.1) is 30.1 Å². The first-order valence-electron chi connectivity index (χ1n) is 9.47. The lowest BCUT2D eigenvalue weighted by Crippen LogP contribution is -2.32. The molecule has 0 saturated carbocycles. The van der Waals surface area contributed by atoms with E-state index >= 15 is 0 Å². The van der Waals surface area contributed by atoms with E-state index in [2.05, 4.69) is 88.2 Å². The molecule has 0 unspecified atom stereocenters. The third-order valence-electron chi connectivity index (χ3n) is 4.61. The minimum Gasteiger partial charge on any atom is -0.291 e. The molecule has 1 aromatic carbocycles. The Bertz CT molecular complexity index is 865. The number of anilines is 1. The molecule has 150 valence electrons. The molecule has 0 amide bonds. The van der Waals surface area contributed by atoms with Crippen molar-refractivity contribution in [1.82, 2.24) is 4.98 Å². The van der Waals surface area contributed by atoms with Gasteiger partial charge in [-0.05, 0) is 67.9 Å². The van der Waals surface area contributed by atoms with Gasteiger partial charge in [0, 0.05) is 21.4 Å². The van der Waals surface area contributed by atoms with Gasteiger partial charge < -0.3 is 0 Å². The van der Waals surface area contributed by atoms with Crippen LogP contribution in [0.2, 0.25) is 0 Å². The maximum Gasteiger partial charge on any atom is 0.139 e. The van der Waals surface area contributed by atoms with Crippen molar-refractivity contribution >= 4 is 40.5 Å². The van der Waals surface area contributed by atoms with Crippen LogP contribution in [0.25, 0.3) is 0 Å². The van der Waals surface area contributed by atoms with Gasteiger partial charge in [0.25, 0.3) is 0 Å². The molecule has 0 bridgehead atoms. The second-order valence-electron chi connectivity index (χ2n) is 9.06. The SMILES string of the molecule is Cc1cc(CC(C)(C)C)cc(C)c1N(C=N)C(=N)c1cnccc1C(C)(C)I. The number of aryl methyl sites for hydroxylation is 2. The molecule has 0 fully saturated rings. The zero-order valence-corrected chi connectivity index (χ0v) is 20.1. The Morgan fingerprint density at radius 1 is 1.14 bits per heavy atom. The van der Waals surface area contributed by atoms with Gasteiger partial charge in [-0.1, -0.05) is 55.5 Å². The van der Waals surface area contributed by atoms with Gasteiger partial charge in [0.1, 0.15) is 5.84 Å². The molecule has 2 aromatic rings. The molecule has 0 saturated heterocycles. The van der Waals surface area contributed by atoms with E-state index in [0.29, 0.717) is 0 Å². The van der Waals surface area contributed by atoms with Crippen molar-refractivity contribution < 1.29 is 0 Å². The van der Waals surface area contributed by atoms with Gasteiger partial charge in [0.2, 0.25) is 0 Å². The number of nitrogens with zero attached hydrogens (tertiary/aromatic N) is 2. The Balaban J connectivity index is 2.53. The molecule has 2 rings (SSSR count). The fourth-order valence-corrected chi connectivity index (χ4v) is 4.08. The summed E-state index contributed by atoms with van der Waals surface area (Å²) in [6, 6.07) is 6.33. The first-order chi connectivity index (χ1) is 12.8. The molecular formula is C23H31IN4. The van der Waals surface area contributed by atoms with Crippen LogP contribution < -0.4 is 4.90 Å². The Kier molecular flexibility index (Phi) is 6.69. The van der Waals surface area contributed by atoms with Crippen LogP contribution in [0.3, 0.4) is 0 Å². The van der Waals surface area contributed by atoms with E-state index in [-0.39, 0.29) is 14.7 Å². The number of hydrogen-bond donors (Lipinski definition) is 2. The monoisotopic (exact) mass is 490 g/mol. The van der Waals surface area contributed by atoms with Gasteiger partial charge in [-0.3, -0.25) is 20.7 Å². The second-order valence-corrected chi connectivity index (χ2v) is 11.8. The van der Waals surface area contributed by atoms with Crippen LogP contribution >= 0.6 is 22.6 Å². The fourth-order valence-electron chi connectivity index (χ4n) is 3.61. The number of rotatable bonds is 5. The zero-order valence-electron chi connectivity index (χ0n) is 17.9. The smallest absolute Gasteiger partial charge is 0.139 e. The van der Waals surface area contributed by atoms with Crippen molar-refractivity contribution in [2.75, 3.05) is 4.90 Å². The molecule has 1 heterocycles. The molecule has 28 heavy (non-hydrogen) atoms. The number of benzene rings is 1. The van der Waals surface area contributed by atoms with Crippen LogP contribution in [0.5, 0.6) is 0 Å². The quantitative estimate of drug-likeness (QED) is 0.221. The van der Waals surface area contributed by atoms with Crippen molar-refractivity contribution in [3.05, 3.63) is 58.4 Å². The summed E-state index contributed by atoms with van der Waals surface area (Å²) < 4.78 is -0.142. The third kappa shape index (κ3) is 5.19. The number of alkyl halides is 1. The van der Waals surface area contributed by atoms with E-state index in [0.717, 1.165) is 34.4 Å². The summed E-state index contributed by atoms with van der Waals surface area (Å²) in [5.74, 6) is 0.276. The van der Waals surface area contributed by atoms with Gasteiger partial charge in [0.05, 0.1) is 12.0 Å². The van der Waals surface area contributed by atoms with Crippen molar-refractivity contribution in [2.45, 2.75) is 58.3 Å². The Morgan fingerprint density at radius 3 is 2.18 bits per heavy atom. The number of amidine groups is 1. The molecule has 5 heteroatoms. The standard InChI is InChI=1S/C23H31IN4/c1-15-10-17(12-22(3,4)5)11-16(2)20(15)28(14-25)21(26)18-13-27-9-8-19(18)23(6,7)24/h8-11,13-14,25-26H,12H2,1-7H3. The van der Waals surface area contributed by atoms with Gasteiger partial charge >= 0.3 is 0 Å². The summed E-state index contributed by atoms with van der Waals surface area (Å²) in [4.78, 5) is 5.90. The average Bonchev–Trinajstić information content (AvgIpc) is 2.55. The van der Waals surface area contributed by atoms with Crippen LogP contribution in [0.4, 0.5) is 5.69 Å². The van der Waals surface area contributed by atoms with Crippen LogP contribution in [0.1, 0.15) is 62.4 Å². The number of hydrogen-bond acceptors (Lipinski definition) is 3. The summed E-state index contributed by atoms with van der Waals surface area (Å²) in [5.41, 5.74) is 6.35. The van der Waals surface area contributed by atoms with Crippen molar-refractivity contribution in [2.24, 2.45) is 5.41 Å². The van der Waals surface area contributed by atoms with E-state index in [9.17, 15) is 0 Å². The number of aromatic nitrogens is 1. The molecule has 4 nitrogen and oxygen atoms in total. The van der Waals surface area contributed by atoms with E-state index in [1.54, 1.807) is 17.3 Å². The highest BCUT2D eigenvalue weighted by Gasteiger charge is 2.25. The first-order valence-corrected chi connectivity index (χ1v) is 10.6. The molecule has 0 aliphatic heterocycles. The lowest BCUT2D eigenvalue weighted by Gasteiger charge is -2.28. The fraction of sp³-hybridized carbons (Fsp3) is 0.435. The molecule has 1 aromatic heterocycles. The van der Waals surface area contributed by atoms with Gasteiger partial charge in [-0.15, -0.1) is 0 Å². The highest BCUT2D eigenvalue weighted by Crippen LogP contribution is 2.35. The Labute approximate surface area is 182 Å². The lowest BCUT2D eigenvalue weighted by molar-refractivity contribution is 0.411. The number of pyridine rings is 1. The molecule has 2 N–H and O–H groups in total. The average molecular weight is 490 g/mol. The van der Waals surface area contributed by atoms with Crippen LogP contribution in [-0.4, -0.2) is 17.2 Å². The topological polar surface area (TPSA) is 63.8 Å². The summed E-state index contributed by atoms with van der Waals surface area (Å²) >= 11 is 2.38. The van der Waals surface area contributed by atoms with E-state index in [1.165, 1.54) is 11.9 Å². The minimum atomic E-state index is -0.142. The maximum atomic E-state index is 8.87. The molecule has 0 spiro atoms. The van der Waals surface area contributed by atoms with Crippen molar-refractivity contribution in [3.63, 3.8) is 0 Å². The third-order valence-corrected chi connectivity index (χ3v) is 5.19. The van der Waals surface area contributed by atoms with Crippen LogP contribution in [0.15, 0.2) is 30.6 Å². The summed E-state index contributed by atoms with van der Waals surface area (Å²) in [7, 11) is 0. The van der Waals surface area contributed by atoms with E-state index in [4.69, 9.17) is 10.8 Å². The normalized spacial score (nSPS) is 12.0. The predicted molar refractivity (Wildman–Crippen MR) is 128 cm³/mol. The molecular weight excluding hydrogens is 459 g/mol. The van der Waals surface area contributed by atoms with Gasteiger partial charge in [-0.2, -0.15) is 0 Å². The summed E-state index contributed by atoms with van der Waals surface area (Å²) in [5, 5.41) is 16.9. The predicted octanol–water partition coefficient (Wildman–Crippen LogP) is 6.40. The van der Waals surface area contributed by atoms with E-state index in [1.807, 2.05) is 6.07 Å². The van der Waals surface area contributed by atoms with Crippen molar-refractivity contribution in [3.8, 4) is 0 Å². The zero-order chi connectivity index (χ0) is 21.3. The Hall–Kier alpha value is -1.76. The largest absolute Gasteiger partial charge is 0.291 e. The molecule has 0 atom stereocenters. The highest BCUT2D eigenvalue weighted by molar-refractivity contribution is 14.1. The van der Waals surface area contributed by atoms with Crippen LogP contribution in [-0.2, 0) is 9.84 Å². The van der Waals surface area contributed by atoms with Gasteiger partial charge in [-0.25, -0.2) is 0 Å². The number of nitrogens with one attached hydrogen (secondary N) is 2. The first kappa shape index (κ1) is 22.5. The molecule has 0 aliphatic rings. The number of halogens is 1. The summed E-state index contributed by atoms with van der Waals surface area (Å²) in [6.07, 6.45) is 5.72. The van der Waals surface area contributed by atoms with Crippen molar-refractivity contribution in [1.29, 1.82) is 10.8 Å². The summed E-state index contributed by atoms with van der Waals surface area (Å²) in [6.45, 7) is 15.1. The lowest BCUT2D eigenvalue weighted by atomic mass is 9.86. The highest BCUT2D eigenvalue weighted by atomic mass is 127.